The fourth-order valence-corrected chi connectivity index (χ4v) is 2.03. The summed E-state index contributed by atoms with van der Waals surface area (Å²) in [6.45, 7) is 2.91. The largest absolute Gasteiger partial charge is 0.496 e. The maximum Gasteiger partial charge on any atom is 0.122 e. The Bertz CT molecular complexity index is 335. The molecule has 1 aliphatic carbocycles. The van der Waals surface area contributed by atoms with E-state index in [1.807, 2.05) is 0 Å². The highest BCUT2D eigenvalue weighted by molar-refractivity contribution is 5.42. The predicted octanol–water partition coefficient (Wildman–Crippen LogP) is 2.07. The highest BCUT2D eigenvalue weighted by atomic mass is 16.5. The molecule has 1 saturated carbocycles. The molecule has 0 spiro atoms. The van der Waals surface area contributed by atoms with Crippen molar-refractivity contribution in [1.29, 1.82) is 0 Å². The van der Waals surface area contributed by atoms with Gasteiger partial charge in [-0.3, -0.25) is 0 Å². The summed E-state index contributed by atoms with van der Waals surface area (Å²) in [6.07, 6.45) is 1.22. The molecule has 0 heterocycles. The Morgan fingerprint density at radius 1 is 1.50 bits per heavy atom. The fraction of sp³-hybridized carbons (Fsp3) is 0.500. The predicted molar refractivity (Wildman–Crippen MR) is 57.6 cm³/mol. The summed E-state index contributed by atoms with van der Waals surface area (Å²) in [6, 6.07) is 6.36. The van der Waals surface area contributed by atoms with Crippen LogP contribution in [0.25, 0.3) is 0 Å². The molecule has 1 aromatic carbocycles. The van der Waals surface area contributed by atoms with Crippen LogP contribution in [0.15, 0.2) is 18.2 Å². The maximum absolute atomic E-state index is 5.65. The third-order valence-electron chi connectivity index (χ3n) is 3.01. The first-order valence-corrected chi connectivity index (χ1v) is 5.11. The van der Waals surface area contributed by atoms with Crippen LogP contribution in [0.4, 0.5) is 0 Å². The number of methoxy groups -OCH3 is 1. The van der Waals surface area contributed by atoms with E-state index >= 15 is 0 Å². The summed E-state index contributed by atoms with van der Waals surface area (Å²) in [5.74, 6) is 2.32. The topological polar surface area (TPSA) is 35.2 Å². The Kier molecular flexibility index (Phi) is 2.46. The van der Waals surface area contributed by atoms with Gasteiger partial charge in [-0.1, -0.05) is 17.7 Å². The van der Waals surface area contributed by atoms with Gasteiger partial charge < -0.3 is 10.5 Å². The van der Waals surface area contributed by atoms with Crippen molar-refractivity contribution in [3.8, 4) is 5.75 Å². The molecule has 14 heavy (non-hydrogen) atoms. The third-order valence-corrected chi connectivity index (χ3v) is 3.01. The monoisotopic (exact) mass is 191 g/mol. The van der Waals surface area contributed by atoms with Crippen molar-refractivity contribution in [3.63, 3.8) is 0 Å². The summed E-state index contributed by atoms with van der Waals surface area (Å²) in [5, 5.41) is 0. The SMILES string of the molecule is COc1ccc(C)cc1[C@@H]1C[C@H]1CN. The average Bonchev–Trinajstić information content (AvgIpc) is 2.96. The molecule has 2 N–H and O–H groups in total. The molecule has 2 nitrogen and oxygen atoms in total. The zero-order valence-corrected chi connectivity index (χ0v) is 8.79. The number of benzene rings is 1. The minimum atomic E-state index is 0.634. The molecule has 1 aromatic rings. The molecule has 1 aliphatic rings. The highest BCUT2D eigenvalue weighted by Crippen LogP contribution is 2.49. The third kappa shape index (κ3) is 1.62. The van der Waals surface area contributed by atoms with Gasteiger partial charge in [0.1, 0.15) is 5.75 Å². The van der Waals surface area contributed by atoms with E-state index in [1.54, 1.807) is 7.11 Å². The zero-order chi connectivity index (χ0) is 10.1. The molecule has 0 saturated heterocycles. The summed E-state index contributed by atoms with van der Waals surface area (Å²) >= 11 is 0. The number of hydrogen-bond acceptors (Lipinski definition) is 2. The molecule has 2 atom stereocenters. The van der Waals surface area contributed by atoms with Crippen LogP contribution < -0.4 is 10.5 Å². The minimum absolute atomic E-state index is 0.634. The van der Waals surface area contributed by atoms with Gasteiger partial charge >= 0.3 is 0 Å². The first kappa shape index (κ1) is 9.53. The lowest BCUT2D eigenvalue weighted by molar-refractivity contribution is 0.409. The molecule has 0 unspecified atom stereocenters. The van der Waals surface area contributed by atoms with Gasteiger partial charge in [0, 0.05) is 0 Å². The van der Waals surface area contributed by atoms with E-state index in [9.17, 15) is 0 Å². The number of ether oxygens (including phenoxy) is 1. The van der Waals surface area contributed by atoms with Crippen molar-refractivity contribution in [2.24, 2.45) is 11.7 Å². The fourth-order valence-electron chi connectivity index (χ4n) is 2.03. The van der Waals surface area contributed by atoms with E-state index in [1.165, 1.54) is 17.5 Å². The normalized spacial score (nSPS) is 24.8. The van der Waals surface area contributed by atoms with Crippen molar-refractivity contribution in [1.82, 2.24) is 0 Å². The summed E-state index contributed by atoms with van der Waals surface area (Å²) in [7, 11) is 1.73. The summed E-state index contributed by atoms with van der Waals surface area (Å²) in [4.78, 5) is 0. The lowest BCUT2D eigenvalue weighted by Crippen LogP contribution is -2.02. The maximum atomic E-state index is 5.65. The van der Waals surface area contributed by atoms with E-state index in [-0.39, 0.29) is 0 Å². The standard InChI is InChI=1S/C12H17NO/c1-8-3-4-12(14-2)11(5-8)10-6-9(10)7-13/h3-5,9-10H,6-7,13H2,1-2H3/t9-,10+/m0/s1. The Labute approximate surface area is 85.1 Å². The second-order valence-corrected chi connectivity index (χ2v) is 4.08. The molecular formula is C12H17NO. The number of aryl methyl sites for hydroxylation is 1. The van der Waals surface area contributed by atoms with Gasteiger partial charge in [-0.15, -0.1) is 0 Å². The van der Waals surface area contributed by atoms with Gasteiger partial charge in [0.25, 0.3) is 0 Å². The van der Waals surface area contributed by atoms with Crippen LogP contribution in [0, 0.1) is 12.8 Å². The van der Waals surface area contributed by atoms with Gasteiger partial charge in [0.05, 0.1) is 7.11 Å². The molecule has 2 rings (SSSR count). The van der Waals surface area contributed by atoms with Crippen LogP contribution in [-0.2, 0) is 0 Å². The summed E-state index contributed by atoms with van der Waals surface area (Å²) < 4.78 is 5.35. The second kappa shape index (κ2) is 3.62. The van der Waals surface area contributed by atoms with E-state index in [2.05, 4.69) is 25.1 Å². The van der Waals surface area contributed by atoms with Gasteiger partial charge in [0.2, 0.25) is 0 Å². The molecule has 0 aromatic heterocycles. The molecule has 2 heteroatoms. The van der Waals surface area contributed by atoms with E-state index < -0.39 is 0 Å². The van der Waals surface area contributed by atoms with Gasteiger partial charge in [-0.25, -0.2) is 0 Å². The Balaban J connectivity index is 2.27. The lowest BCUT2D eigenvalue weighted by atomic mass is 10.0. The van der Waals surface area contributed by atoms with E-state index in [0.717, 1.165) is 12.3 Å². The van der Waals surface area contributed by atoms with E-state index in [0.29, 0.717) is 11.8 Å². The van der Waals surface area contributed by atoms with Crippen molar-refractivity contribution in [3.05, 3.63) is 29.3 Å². The van der Waals surface area contributed by atoms with E-state index in [4.69, 9.17) is 10.5 Å². The molecule has 0 radical (unpaired) electrons. The molecule has 0 aliphatic heterocycles. The van der Waals surface area contributed by atoms with Crippen LogP contribution in [0.2, 0.25) is 0 Å². The molecular weight excluding hydrogens is 174 g/mol. The van der Waals surface area contributed by atoms with Crippen LogP contribution in [0.1, 0.15) is 23.5 Å². The quantitative estimate of drug-likeness (QED) is 0.793. The average molecular weight is 191 g/mol. The molecule has 0 bridgehead atoms. The van der Waals surface area contributed by atoms with Gasteiger partial charge in [-0.05, 0) is 43.4 Å². The van der Waals surface area contributed by atoms with Gasteiger partial charge in [0.15, 0.2) is 0 Å². The van der Waals surface area contributed by atoms with Crippen LogP contribution >= 0.6 is 0 Å². The van der Waals surface area contributed by atoms with Crippen LogP contribution in [-0.4, -0.2) is 13.7 Å². The van der Waals surface area contributed by atoms with Crippen LogP contribution in [0.5, 0.6) is 5.75 Å². The number of hydrogen-bond donors (Lipinski definition) is 1. The Morgan fingerprint density at radius 2 is 2.29 bits per heavy atom. The smallest absolute Gasteiger partial charge is 0.122 e. The molecule has 1 fully saturated rings. The van der Waals surface area contributed by atoms with Crippen LogP contribution in [0.3, 0.4) is 0 Å². The Morgan fingerprint density at radius 3 is 2.86 bits per heavy atom. The van der Waals surface area contributed by atoms with Gasteiger partial charge in [-0.2, -0.15) is 0 Å². The molecule has 0 amide bonds. The van der Waals surface area contributed by atoms with Crippen molar-refractivity contribution in [2.75, 3.05) is 13.7 Å². The molecule has 76 valence electrons. The zero-order valence-electron chi connectivity index (χ0n) is 8.79. The number of rotatable bonds is 3. The van der Waals surface area contributed by atoms with Crippen molar-refractivity contribution in [2.45, 2.75) is 19.3 Å². The number of nitrogens with two attached hydrogens (primary N) is 1. The first-order valence-electron chi connectivity index (χ1n) is 5.11. The second-order valence-electron chi connectivity index (χ2n) is 4.08. The lowest BCUT2D eigenvalue weighted by Gasteiger charge is -2.08. The highest BCUT2D eigenvalue weighted by Gasteiger charge is 2.38. The minimum Gasteiger partial charge on any atom is -0.496 e. The first-order chi connectivity index (χ1) is 6.76. The Hall–Kier alpha value is -1.02. The van der Waals surface area contributed by atoms with Crippen molar-refractivity contribution >= 4 is 0 Å². The summed E-state index contributed by atoms with van der Waals surface area (Å²) in [5.41, 5.74) is 8.28. The van der Waals surface area contributed by atoms with Crippen molar-refractivity contribution < 1.29 is 4.74 Å².